The molecule has 0 bridgehead atoms. The second-order valence-corrected chi connectivity index (χ2v) is 5.50. The van der Waals surface area contributed by atoms with E-state index in [2.05, 4.69) is 0 Å². The molecule has 0 radical (unpaired) electrons. The smallest absolute Gasteiger partial charge is 1.00 e. The number of benzene rings is 1. The standard InChI is InChI=1S/C7H9AsO3.2Na/c1-6-2-4-7(5-3-6)8(9,10)11;;/h2-5H,1H3,(H2,9,10,11);;/q;2*+1/p-2. The SMILES string of the molecule is Cc1ccc([As](=O)([O-])[O-])cc1.[Na+].[Na+]. The number of aryl methyl sites for hydroxylation is 1. The maximum absolute atomic E-state index is 10.5. The molecule has 0 saturated heterocycles. The maximum atomic E-state index is 10.5. The third kappa shape index (κ3) is 5.83. The Balaban J connectivity index is 0. The zero-order valence-electron chi connectivity index (χ0n) is 7.98. The number of hydrogen-bond acceptors (Lipinski definition) is 3. The summed E-state index contributed by atoms with van der Waals surface area (Å²) in [7, 11) is 0. The Morgan fingerprint density at radius 3 is 1.77 bits per heavy atom. The van der Waals surface area contributed by atoms with Gasteiger partial charge in [0, 0.05) is 0 Å². The van der Waals surface area contributed by atoms with Gasteiger partial charge in [-0.25, -0.2) is 0 Å². The van der Waals surface area contributed by atoms with Crippen molar-refractivity contribution in [1.82, 2.24) is 0 Å². The van der Waals surface area contributed by atoms with Crippen LogP contribution in [0.15, 0.2) is 24.3 Å². The Kier molecular flexibility index (Phi) is 8.96. The van der Waals surface area contributed by atoms with Gasteiger partial charge in [-0.3, -0.25) is 0 Å². The van der Waals surface area contributed by atoms with E-state index in [0.29, 0.717) is 0 Å². The molecule has 0 saturated carbocycles. The third-order valence-electron chi connectivity index (χ3n) is 1.35. The van der Waals surface area contributed by atoms with Crippen molar-refractivity contribution in [3.05, 3.63) is 29.8 Å². The van der Waals surface area contributed by atoms with E-state index < -0.39 is 14.2 Å². The largest absolute Gasteiger partial charge is 1.00 e. The van der Waals surface area contributed by atoms with E-state index in [1.54, 1.807) is 12.1 Å². The Morgan fingerprint density at radius 1 is 1.08 bits per heavy atom. The van der Waals surface area contributed by atoms with Crippen LogP contribution in [0.3, 0.4) is 0 Å². The quantitative estimate of drug-likeness (QED) is 0.471. The molecule has 1 rings (SSSR count). The molecule has 13 heavy (non-hydrogen) atoms. The molecule has 0 fully saturated rings. The molecular formula is C7H7AsNa2O3. The Hall–Kier alpha value is 1.50. The van der Waals surface area contributed by atoms with Crippen LogP contribution < -0.4 is 71.7 Å². The van der Waals surface area contributed by atoms with Gasteiger partial charge in [-0.1, -0.05) is 0 Å². The summed E-state index contributed by atoms with van der Waals surface area (Å²) in [6, 6.07) is 5.91. The average molecular weight is 260 g/mol. The van der Waals surface area contributed by atoms with Crippen molar-refractivity contribution in [3.8, 4) is 0 Å². The third-order valence-corrected chi connectivity index (χ3v) is 3.30. The molecule has 1 aromatic rings. The minimum Gasteiger partial charge on any atom is 1.00 e. The molecule has 0 aromatic heterocycles. The molecule has 0 aliphatic rings. The molecule has 0 amide bonds. The second kappa shape index (κ2) is 6.89. The fourth-order valence-corrected chi connectivity index (χ4v) is 1.81. The van der Waals surface area contributed by atoms with Gasteiger partial charge in [0.25, 0.3) is 0 Å². The maximum Gasteiger partial charge on any atom is 1.00 e. The van der Waals surface area contributed by atoms with Gasteiger partial charge in [0.15, 0.2) is 0 Å². The monoisotopic (exact) mass is 260 g/mol. The topological polar surface area (TPSA) is 63.2 Å². The number of hydrogen-bond donors (Lipinski definition) is 0. The van der Waals surface area contributed by atoms with E-state index in [1.165, 1.54) is 12.1 Å². The van der Waals surface area contributed by atoms with Gasteiger partial charge in [-0.2, -0.15) is 0 Å². The minimum atomic E-state index is -5.12. The molecule has 1 aromatic carbocycles. The average Bonchev–Trinajstić information content (AvgIpc) is 1.86. The normalized spacial score (nSPS) is 9.77. The molecular weight excluding hydrogens is 253 g/mol. The fourth-order valence-electron chi connectivity index (χ4n) is 0.727. The van der Waals surface area contributed by atoms with Gasteiger partial charge in [-0.05, 0) is 0 Å². The summed E-state index contributed by atoms with van der Waals surface area (Å²) in [5.41, 5.74) is 0.942. The van der Waals surface area contributed by atoms with E-state index in [-0.39, 0.29) is 63.5 Å². The molecule has 0 aliphatic heterocycles. The van der Waals surface area contributed by atoms with Gasteiger partial charge < -0.3 is 0 Å². The minimum absolute atomic E-state index is 0. The predicted octanol–water partition coefficient (Wildman–Crippen LogP) is -7.70. The zero-order chi connectivity index (χ0) is 8.48. The second-order valence-electron chi connectivity index (χ2n) is 2.33. The van der Waals surface area contributed by atoms with Crippen LogP contribution in [0.5, 0.6) is 0 Å². The molecule has 0 unspecified atom stereocenters. The Morgan fingerprint density at radius 2 is 1.46 bits per heavy atom. The summed E-state index contributed by atoms with van der Waals surface area (Å²) >= 11 is -5.12. The van der Waals surface area contributed by atoms with Crippen LogP contribution in [0.2, 0.25) is 0 Å². The first-order valence-electron chi connectivity index (χ1n) is 3.09. The van der Waals surface area contributed by atoms with E-state index >= 15 is 0 Å². The van der Waals surface area contributed by atoms with Gasteiger partial charge in [-0.15, -0.1) is 0 Å². The van der Waals surface area contributed by atoms with Crippen molar-refractivity contribution in [2.24, 2.45) is 0 Å². The van der Waals surface area contributed by atoms with Crippen molar-refractivity contribution in [3.63, 3.8) is 0 Å². The van der Waals surface area contributed by atoms with Crippen LogP contribution in [-0.4, -0.2) is 14.2 Å². The van der Waals surface area contributed by atoms with Crippen LogP contribution >= 0.6 is 0 Å². The summed E-state index contributed by atoms with van der Waals surface area (Å²) in [6.07, 6.45) is 0. The van der Waals surface area contributed by atoms with Gasteiger partial charge >= 0.3 is 126 Å². The van der Waals surface area contributed by atoms with E-state index in [0.717, 1.165) is 5.56 Å². The summed E-state index contributed by atoms with van der Waals surface area (Å²) in [4.78, 5) is 0. The van der Waals surface area contributed by atoms with Crippen molar-refractivity contribution in [1.29, 1.82) is 0 Å². The van der Waals surface area contributed by atoms with Crippen molar-refractivity contribution in [2.45, 2.75) is 6.92 Å². The van der Waals surface area contributed by atoms with E-state index in [4.69, 9.17) is 0 Å². The van der Waals surface area contributed by atoms with Crippen LogP contribution in [0.1, 0.15) is 5.56 Å². The summed E-state index contributed by atoms with van der Waals surface area (Å²) in [5, 5.41) is 0. The fraction of sp³-hybridized carbons (Fsp3) is 0.143. The molecule has 3 nitrogen and oxygen atoms in total. The van der Waals surface area contributed by atoms with E-state index in [1.807, 2.05) is 6.92 Å². The van der Waals surface area contributed by atoms with Crippen molar-refractivity contribution < 1.29 is 71.0 Å². The Bertz CT molecular complexity index is 293. The van der Waals surface area contributed by atoms with Gasteiger partial charge in [0.05, 0.1) is 0 Å². The Labute approximate surface area is 125 Å². The summed E-state index contributed by atoms with van der Waals surface area (Å²) < 4.78 is 31.3. The molecule has 0 aliphatic carbocycles. The molecule has 0 heterocycles. The molecule has 0 atom stereocenters. The van der Waals surface area contributed by atoms with Crippen molar-refractivity contribution >= 4 is 18.5 Å². The first-order valence-corrected chi connectivity index (χ1v) is 6.33. The first-order chi connectivity index (χ1) is 5.00. The van der Waals surface area contributed by atoms with Crippen LogP contribution in [-0.2, 0) is 3.74 Å². The van der Waals surface area contributed by atoms with Crippen molar-refractivity contribution in [2.75, 3.05) is 0 Å². The molecule has 0 N–H and O–H groups in total. The van der Waals surface area contributed by atoms with E-state index in [9.17, 15) is 11.9 Å². The molecule has 60 valence electrons. The summed E-state index contributed by atoms with van der Waals surface area (Å²) in [5.74, 6) is 0. The molecule has 6 heteroatoms. The predicted molar refractivity (Wildman–Crippen MR) is 37.3 cm³/mol. The van der Waals surface area contributed by atoms with Gasteiger partial charge in [0.2, 0.25) is 0 Å². The number of rotatable bonds is 1. The molecule has 0 spiro atoms. The van der Waals surface area contributed by atoms with Crippen LogP contribution in [0.4, 0.5) is 0 Å². The van der Waals surface area contributed by atoms with Crippen LogP contribution in [0.25, 0.3) is 0 Å². The zero-order valence-corrected chi connectivity index (χ0v) is 13.9. The first kappa shape index (κ1) is 16.9. The van der Waals surface area contributed by atoms with Crippen LogP contribution in [0, 0.1) is 6.92 Å². The summed E-state index contributed by atoms with van der Waals surface area (Å²) in [6.45, 7) is 1.83. The van der Waals surface area contributed by atoms with Gasteiger partial charge in [0.1, 0.15) is 0 Å².